The number of aliphatic hydroxyl groups is 1. The summed E-state index contributed by atoms with van der Waals surface area (Å²) in [5, 5.41) is 34.2. The molecular weight excluding hydrogens is 400 g/mol. The zero-order chi connectivity index (χ0) is 23.6. The Labute approximate surface area is 174 Å². The fraction of sp³-hybridized carbons (Fsp3) is 0.722. The zero-order valence-corrected chi connectivity index (χ0v) is 17.5. The van der Waals surface area contributed by atoms with E-state index in [1.54, 1.807) is 27.7 Å². The normalized spacial score (nSPS) is 15.1. The number of aliphatic hydroxyl groups excluding tert-OH is 1. The Bertz CT molecular complexity index is 638. The fourth-order valence-corrected chi connectivity index (χ4v) is 2.50. The molecular formula is C18H32N4O8. The quantitative estimate of drug-likeness (QED) is 0.172. The first-order chi connectivity index (χ1) is 13.8. The predicted octanol–water partition coefficient (Wildman–Crippen LogP) is -1.98. The number of rotatable bonds is 13. The molecule has 12 nitrogen and oxygen atoms in total. The molecule has 0 spiro atoms. The van der Waals surface area contributed by atoms with Crippen molar-refractivity contribution in [2.24, 2.45) is 17.6 Å². The molecule has 30 heavy (non-hydrogen) atoms. The van der Waals surface area contributed by atoms with E-state index in [9.17, 15) is 34.2 Å². The molecule has 0 aromatic rings. The number of carbonyl (C=O) groups is 5. The number of carboxylic acids is 2. The van der Waals surface area contributed by atoms with E-state index in [1.807, 2.05) is 0 Å². The van der Waals surface area contributed by atoms with Gasteiger partial charge in [-0.15, -0.1) is 0 Å². The van der Waals surface area contributed by atoms with Gasteiger partial charge in [0.15, 0.2) is 0 Å². The van der Waals surface area contributed by atoms with Gasteiger partial charge in [0, 0.05) is 0 Å². The van der Waals surface area contributed by atoms with E-state index in [0.29, 0.717) is 0 Å². The van der Waals surface area contributed by atoms with Crippen molar-refractivity contribution >= 4 is 29.7 Å². The average Bonchev–Trinajstić information content (AvgIpc) is 2.61. The van der Waals surface area contributed by atoms with Crippen molar-refractivity contribution in [3.05, 3.63) is 0 Å². The number of aliphatic carboxylic acids is 2. The van der Waals surface area contributed by atoms with Crippen LogP contribution in [-0.4, -0.2) is 75.8 Å². The van der Waals surface area contributed by atoms with E-state index in [4.69, 9.17) is 10.8 Å². The van der Waals surface area contributed by atoms with Gasteiger partial charge in [0.25, 0.3) is 0 Å². The van der Waals surface area contributed by atoms with E-state index >= 15 is 0 Å². The minimum Gasteiger partial charge on any atom is -0.481 e. The van der Waals surface area contributed by atoms with Crippen molar-refractivity contribution in [2.75, 3.05) is 6.61 Å². The van der Waals surface area contributed by atoms with E-state index in [-0.39, 0.29) is 12.3 Å². The summed E-state index contributed by atoms with van der Waals surface area (Å²) in [6.45, 7) is 6.02. The van der Waals surface area contributed by atoms with Gasteiger partial charge in [0.2, 0.25) is 17.7 Å². The smallest absolute Gasteiger partial charge is 0.326 e. The topological polar surface area (TPSA) is 208 Å². The third-order valence-corrected chi connectivity index (χ3v) is 4.12. The molecule has 0 rings (SSSR count). The highest BCUT2D eigenvalue weighted by molar-refractivity contribution is 5.94. The Kier molecular flexibility index (Phi) is 11.6. The van der Waals surface area contributed by atoms with Crippen molar-refractivity contribution in [2.45, 2.75) is 64.7 Å². The monoisotopic (exact) mass is 432 g/mol. The van der Waals surface area contributed by atoms with Crippen molar-refractivity contribution in [3.63, 3.8) is 0 Å². The van der Waals surface area contributed by atoms with Gasteiger partial charge in [-0.1, -0.05) is 27.7 Å². The third kappa shape index (κ3) is 9.65. The summed E-state index contributed by atoms with van der Waals surface area (Å²) in [7, 11) is 0. The molecule has 0 saturated heterocycles. The van der Waals surface area contributed by atoms with Crippen LogP contribution in [0.4, 0.5) is 0 Å². The van der Waals surface area contributed by atoms with Crippen LogP contribution >= 0.6 is 0 Å². The Morgan fingerprint density at radius 1 is 0.833 bits per heavy atom. The van der Waals surface area contributed by atoms with Gasteiger partial charge in [-0.25, -0.2) is 4.79 Å². The van der Waals surface area contributed by atoms with Gasteiger partial charge in [-0.2, -0.15) is 0 Å². The van der Waals surface area contributed by atoms with Crippen LogP contribution in [0.25, 0.3) is 0 Å². The molecule has 4 unspecified atom stereocenters. The second-order valence-electron chi connectivity index (χ2n) is 7.71. The van der Waals surface area contributed by atoms with Crippen molar-refractivity contribution in [3.8, 4) is 0 Å². The lowest BCUT2D eigenvalue weighted by Gasteiger charge is -2.26. The maximum atomic E-state index is 12.6. The van der Waals surface area contributed by atoms with Crippen LogP contribution in [0.1, 0.15) is 40.5 Å². The fourth-order valence-electron chi connectivity index (χ4n) is 2.50. The molecule has 8 N–H and O–H groups in total. The Balaban J connectivity index is 5.19. The average molecular weight is 432 g/mol. The molecule has 0 bridgehead atoms. The second kappa shape index (κ2) is 12.8. The maximum Gasteiger partial charge on any atom is 0.326 e. The lowest BCUT2D eigenvalue weighted by molar-refractivity contribution is -0.143. The highest BCUT2D eigenvalue weighted by Crippen LogP contribution is 2.08. The number of carbonyl (C=O) groups excluding carboxylic acids is 3. The molecule has 172 valence electrons. The first-order valence-electron chi connectivity index (χ1n) is 9.52. The molecule has 0 aliphatic heterocycles. The molecule has 3 amide bonds. The van der Waals surface area contributed by atoms with E-state index in [0.717, 1.165) is 0 Å². The van der Waals surface area contributed by atoms with Crippen LogP contribution in [0.2, 0.25) is 0 Å². The minimum atomic E-state index is -1.47. The molecule has 4 atom stereocenters. The van der Waals surface area contributed by atoms with Crippen LogP contribution in [-0.2, 0) is 24.0 Å². The standard InChI is InChI=1S/C18H32N4O8/c1-8(2)5-11(18(29)30)20-17(28)14(9(3)4)22-16(27)12(7-23)21-15(26)10(19)6-13(24)25/h8-12,14,23H,5-7,19H2,1-4H3,(H,20,28)(H,21,26)(H,22,27)(H,24,25)(H,29,30). The molecule has 0 heterocycles. The summed E-state index contributed by atoms with van der Waals surface area (Å²) in [5.41, 5.74) is 5.42. The van der Waals surface area contributed by atoms with E-state index in [1.165, 1.54) is 0 Å². The van der Waals surface area contributed by atoms with Gasteiger partial charge in [0.1, 0.15) is 18.1 Å². The maximum absolute atomic E-state index is 12.6. The molecule has 0 aromatic heterocycles. The summed E-state index contributed by atoms with van der Waals surface area (Å²) in [5.74, 6) is -5.54. The Hall–Kier alpha value is -2.73. The molecule has 0 aliphatic rings. The van der Waals surface area contributed by atoms with E-state index in [2.05, 4.69) is 16.0 Å². The summed E-state index contributed by atoms with van der Waals surface area (Å²) in [6, 6.07) is -5.18. The van der Waals surface area contributed by atoms with Gasteiger partial charge < -0.3 is 37.0 Å². The van der Waals surface area contributed by atoms with Crippen molar-refractivity contribution in [1.29, 1.82) is 0 Å². The number of hydrogen-bond acceptors (Lipinski definition) is 7. The van der Waals surface area contributed by atoms with E-state index < -0.39 is 72.8 Å². The number of amides is 3. The van der Waals surface area contributed by atoms with Gasteiger partial charge in [0.05, 0.1) is 19.1 Å². The van der Waals surface area contributed by atoms with Crippen molar-refractivity contribution < 1.29 is 39.3 Å². The molecule has 0 radical (unpaired) electrons. The number of nitrogens with one attached hydrogen (secondary N) is 3. The lowest BCUT2D eigenvalue weighted by atomic mass is 10.00. The summed E-state index contributed by atoms with van der Waals surface area (Å²) < 4.78 is 0. The summed E-state index contributed by atoms with van der Waals surface area (Å²) in [6.07, 6.45) is -0.480. The van der Waals surface area contributed by atoms with Gasteiger partial charge in [-0.05, 0) is 18.3 Å². The van der Waals surface area contributed by atoms with Crippen LogP contribution in [0.15, 0.2) is 0 Å². The van der Waals surface area contributed by atoms with Crippen LogP contribution in [0, 0.1) is 11.8 Å². The Morgan fingerprint density at radius 2 is 1.37 bits per heavy atom. The van der Waals surface area contributed by atoms with Crippen LogP contribution < -0.4 is 21.7 Å². The predicted molar refractivity (Wildman–Crippen MR) is 105 cm³/mol. The molecule has 0 aliphatic carbocycles. The number of nitrogens with two attached hydrogens (primary N) is 1. The first kappa shape index (κ1) is 27.3. The first-order valence-corrected chi connectivity index (χ1v) is 9.52. The third-order valence-electron chi connectivity index (χ3n) is 4.12. The number of carboxylic acid groups (broad SMARTS) is 2. The highest BCUT2D eigenvalue weighted by atomic mass is 16.4. The summed E-state index contributed by atoms with van der Waals surface area (Å²) in [4.78, 5) is 58.9. The van der Waals surface area contributed by atoms with Crippen LogP contribution in [0.5, 0.6) is 0 Å². The van der Waals surface area contributed by atoms with Crippen LogP contribution in [0.3, 0.4) is 0 Å². The Morgan fingerprint density at radius 3 is 1.77 bits per heavy atom. The minimum absolute atomic E-state index is 0.00230. The van der Waals surface area contributed by atoms with Crippen molar-refractivity contribution in [1.82, 2.24) is 16.0 Å². The SMILES string of the molecule is CC(C)CC(NC(=O)C(NC(=O)C(CO)NC(=O)C(N)CC(=O)O)C(C)C)C(=O)O. The second-order valence-corrected chi connectivity index (χ2v) is 7.71. The molecule has 0 saturated carbocycles. The number of hydrogen-bond donors (Lipinski definition) is 7. The molecule has 12 heteroatoms. The largest absolute Gasteiger partial charge is 0.481 e. The van der Waals surface area contributed by atoms with Gasteiger partial charge in [-0.3, -0.25) is 19.2 Å². The molecule has 0 aromatic carbocycles. The highest BCUT2D eigenvalue weighted by Gasteiger charge is 2.32. The zero-order valence-electron chi connectivity index (χ0n) is 17.5. The van der Waals surface area contributed by atoms with Gasteiger partial charge >= 0.3 is 11.9 Å². The lowest BCUT2D eigenvalue weighted by Crippen LogP contribution is -2.59. The summed E-state index contributed by atoms with van der Waals surface area (Å²) >= 11 is 0. The molecule has 0 fully saturated rings.